The first-order chi connectivity index (χ1) is 11.8. The molecule has 6 heteroatoms. The highest BCUT2D eigenvalue weighted by Crippen LogP contribution is 2.14. The standard InChI is InChI=1S/C18H27N3O3/c22-15-17-5-2-1-4-16(17)14-19-9-11-20(12-10-19)18(23)6-8-21-7-3-13-24-21/h1-2,4-5,22H,3,6-15H2. The van der Waals surface area contributed by atoms with Gasteiger partial charge in [0.05, 0.1) is 13.2 Å². The molecule has 132 valence electrons. The lowest BCUT2D eigenvalue weighted by atomic mass is 10.1. The predicted molar refractivity (Wildman–Crippen MR) is 91.0 cm³/mol. The molecule has 1 N–H and O–H groups in total. The number of amides is 1. The van der Waals surface area contributed by atoms with Gasteiger partial charge in [-0.15, -0.1) is 0 Å². The lowest BCUT2D eigenvalue weighted by Crippen LogP contribution is -2.48. The third kappa shape index (κ3) is 4.54. The monoisotopic (exact) mass is 333 g/mol. The zero-order valence-electron chi connectivity index (χ0n) is 14.2. The van der Waals surface area contributed by atoms with Gasteiger partial charge in [0.2, 0.25) is 5.91 Å². The zero-order valence-corrected chi connectivity index (χ0v) is 14.2. The first-order valence-electron chi connectivity index (χ1n) is 8.82. The summed E-state index contributed by atoms with van der Waals surface area (Å²) in [5, 5.41) is 11.3. The number of aliphatic hydroxyl groups is 1. The van der Waals surface area contributed by atoms with E-state index in [4.69, 9.17) is 4.84 Å². The Kier molecular flexibility index (Phi) is 6.20. The van der Waals surface area contributed by atoms with Crippen molar-refractivity contribution in [3.63, 3.8) is 0 Å². The van der Waals surface area contributed by atoms with Crippen molar-refractivity contribution < 1.29 is 14.7 Å². The number of carbonyl (C=O) groups excluding carboxylic acids is 1. The molecule has 6 nitrogen and oxygen atoms in total. The topological polar surface area (TPSA) is 56.2 Å². The first kappa shape index (κ1) is 17.4. The summed E-state index contributed by atoms with van der Waals surface area (Å²) in [5.41, 5.74) is 2.16. The van der Waals surface area contributed by atoms with Crippen LogP contribution in [0.5, 0.6) is 0 Å². The van der Waals surface area contributed by atoms with E-state index in [1.807, 2.05) is 28.2 Å². The van der Waals surface area contributed by atoms with Crippen LogP contribution in [0.3, 0.4) is 0 Å². The van der Waals surface area contributed by atoms with Crippen LogP contribution in [0, 0.1) is 0 Å². The second-order valence-electron chi connectivity index (χ2n) is 6.45. The van der Waals surface area contributed by atoms with Gasteiger partial charge in [-0.3, -0.25) is 14.5 Å². The van der Waals surface area contributed by atoms with Gasteiger partial charge in [-0.25, -0.2) is 0 Å². The van der Waals surface area contributed by atoms with Gasteiger partial charge in [-0.05, 0) is 17.5 Å². The van der Waals surface area contributed by atoms with Crippen molar-refractivity contribution in [2.24, 2.45) is 0 Å². The van der Waals surface area contributed by atoms with E-state index in [9.17, 15) is 9.90 Å². The molecule has 1 aromatic carbocycles. The number of rotatable bonds is 6. The van der Waals surface area contributed by atoms with E-state index in [1.54, 1.807) is 0 Å². The second-order valence-corrected chi connectivity index (χ2v) is 6.45. The average Bonchev–Trinajstić information content (AvgIpc) is 3.14. The number of nitrogens with zero attached hydrogens (tertiary/aromatic N) is 3. The molecule has 2 heterocycles. The lowest BCUT2D eigenvalue weighted by molar-refractivity contribution is -0.140. The Hall–Kier alpha value is -1.47. The van der Waals surface area contributed by atoms with E-state index in [-0.39, 0.29) is 12.5 Å². The number of hydrogen-bond donors (Lipinski definition) is 1. The number of hydrogen-bond acceptors (Lipinski definition) is 5. The summed E-state index contributed by atoms with van der Waals surface area (Å²) < 4.78 is 0. The molecule has 1 aromatic rings. The van der Waals surface area contributed by atoms with Crippen molar-refractivity contribution in [3.05, 3.63) is 35.4 Å². The van der Waals surface area contributed by atoms with Crippen molar-refractivity contribution >= 4 is 5.91 Å². The van der Waals surface area contributed by atoms with Crippen molar-refractivity contribution in [2.75, 3.05) is 45.9 Å². The van der Waals surface area contributed by atoms with Gasteiger partial charge in [0, 0.05) is 52.2 Å². The van der Waals surface area contributed by atoms with Gasteiger partial charge in [0.1, 0.15) is 0 Å². The van der Waals surface area contributed by atoms with Crippen LogP contribution in [-0.4, -0.2) is 71.8 Å². The van der Waals surface area contributed by atoms with Gasteiger partial charge in [-0.2, -0.15) is 5.06 Å². The maximum atomic E-state index is 12.3. The molecule has 2 aliphatic rings. The second kappa shape index (κ2) is 8.58. The van der Waals surface area contributed by atoms with Crippen molar-refractivity contribution in [2.45, 2.75) is 26.0 Å². The highest BCUT2D eigenvalue weighted by molar-refractivity contribution is 5.76. The molecule has 2 aliphatic heterocycles. The van der Waals surface area contributed by atoms with Crippen LogP contribution in [0.25, 0.3) is 0 Å². The van der Waals surface area contributed by atoms with Crippen LogP contribution in [0.2, 0.25) is 0 Å². The number of piperazine rings is 1. The number of carbonyl (C=O) groups is 1. The van der Waals surface area contributed by atoms with Gasteiger partial charge in [0.15, 0.2) is 0 Å². The van der Waals surface area contributed by atoms with Crippen LogP contribution in [0.4, 0.5) is 0 Å². The molecule has 0 saturated carbocycles. The van der Waals surface area contributed by atoms with Gasteiger partial charge in [-0.1, -0.05) is 24.3 Å². The average molecular weight is 333 g/mol. The van der Waals surface area contributed by atoms with E-state index < -0.39 is 0 Å². The smallest absolute Gasteiger partial charge is 0.224 e. The molecule has 3 rings (SSSR count). The first-order valence-corrected chi connectivity index (χ1v) is 8.82. The molecule has 0 unspecified atom stereocenters. The Balaban J connectivity index is 1.42. The largest absolute Gasteiger partial charge is 0.392 e. The SMILES string of the molecule is O=C(CCN1CCCO1)N1CCN(Cc2ccccc2CO)CC1. The fraction of sp³-hybridized carbons (Fsp3) is 0.611. The fourth-order valence-electron chi connectivity index (χ4n) is 3.32. The Morgan fingerprint density at radius 3 is 2.50 bits per heavy atom. The van der Waals surface area contributed by atoms with Crippen molar-refractivity contribution in [3.8, 4) is 0 Å². The summed E-state index contributed by atoms with van der Waals surface area (Å²) in [7, 11) is 0. The highest BCUT2D eigenvalue weighted by Gasteiger charge is 2.22. The maximum absolute atomic E-state index is 12.3. The minimum atomic E-state index is 0.0766. The molecule has 24 heavy (non-hydrogen) atoms. The minimum absolute atomic E-state index is 0.0766. The van der Waals surface area contributed by atoms with E-state index in [0.717, 1.165) is 57.9 Å². The molecule has 0 spiro atoms. The zero-order chi connectivity index (χ0) is 16.8. The third-order valence-corrected chi connectivity index (χ3v) is 4.81. The van der Waals surface area contributed by atoms with Crippen LogP contribution in [-0.2, 0) is 22.8 Å². The summed E-state index contributed by atoms with van der Waals surface area (Å²) in [4.78, 5) is 22.1. The van der Waals surface area contributed by atoms with Gasteiger partial charge >= 0.3 is 0 Å². The van der Waals surface area contributed by atoms with E-state index in [2.05, 4.69) is 11.0 Å². The Bertz CT molecular complexity index is 538. The quantitative estimate of drug-likeness (QED) is 0.836. The molecule has 0 bridgehead atoms. The molecular formula is C18H27N3O3. The van der Waals surface area contributed by atoms with E-state index in [1.165, 1.54) is 5.56 Å². The molecule has 2 saturated heterocycles. The highest BCUT2D eigenvalue weighted by atomic mass is 16.7. The summed E-state index contributed by atoms with van der Waals surface area (Å²) in [6.45, 7) is 6.64. The normalized spacial score (nSPS) is 19.8. The van der Waals surface area contributed by atoms with Crippen LogP contribution in [0.1, 0.15) is 24.0 Å². The number of aliphatic hydroxyl groups excluding tert-OH is 1. The predicted octanol–water partition coefficient (Wildman–Crippen LogP) is 0.850. The summed E-state index contributed by atoms with van der Waals surface area (Å²) in [6, 6.07) is 8.00. The molecule has 0 atom stereocenters. The van der Waals surface area contributed by atoms with Gasteiger partial charge in [0.25, 0.3) is 0 Å². The van der Waals surface area contributed by atoms with Gasteiger partial charge < -0.3 is 10.0 Å². The summed E-state index contributed by atoms with van der Waals surface area (Å²) >= 11 is 0. The summed E-state index contributed by atoms with van der Waals surface area (Å²) in [5.74, 6) is 0.223. The Morgan fingerprint density at radius 2 is 1.83 bits per heavy atom. The van der Waals surface area contributed by atoms with E-state index >= 15 is 0 Å². The number of hydroxylamine groups is 2. The van der Waals surface area contributed by atoms with Crippen LogP contribution in [0.15, 0.2) is 24.3 Å². The maximum Gasteiger partial charge on any atom is 0.224 e. The fourth-order valence-corrected chi connectivity index (χ4v) is 3.32. The van der Waals surface area contributed by atoms with Crippen molar-refractivity contribution in [1.82, 2.24) is 14.9 Å². The number of benzene rings is 1. The molecule has 0 aliphatic carbocycles. The van der Waals surface area contributed by atoms with E-state index in [0.29, 0.717) is 13.0 Å². The third-order valence-electron chi connectivity index (χ3n) is 4.81. The molecule has 0 aromatic heterocycles. The molecule has 0 radical (unpaired) electrons. The molecule has 2 fully saturated rings. The summed E-state index contributed by atoms with van der Waals surface area (Å²) in [6.07, 6.45) is 1.59. The van der Waals surface area contributed by atoms with Crippen LogP contribution < -0.4 is 0 Å². The molecule has 1 amide bonds. The van der Waals surface area contributed by atoms with Crippen molar-refractivity contribution in [1.29, 1.82) is 0 Å². The Labute approximate surface area is 143 Å². The Morgan fingerprint density at radius 1 is 1.08 bits per heavy atom. The molecular weight excluding hydrogens is 306 g/mol. The van der Waals surface area contributed by atoms with Crippen LogP contribution >= 0.6 is 0 Å². The lowest BCUT2D eigenvalue weighted by Gasteiger charge is -2.35. The minimum Gasteiger partial charge on any atom is -0.392 e.